The topological polar surface area (TPSA) is 285 Å². The normalized spacial score (nSPS) is 19.0. The van der Waals surface area contributed by atoms with E-state index >= 15 is 0 Å². The number of morpholine rings is 2. The number of ether oxygens (including phenoxy) is 2. The first-order valence-corrected chi connectivity index (χ1v) is 28.0. The van der Waals surface area contributed by atoms with Gasteiger partial charge in [0.25, 0.3) is 11.8 Å². The molecular formula is C62H62Cl4N8O9. The molecule has 432 valence electrons. The van der Waals surface area contributed by atoms with Crippen molar-refractivity contribution in [3.05, 3.63) is 210 Å². The van der Waals surface area contributed by atoms with Gasteiger partial charge in [0.15, 0.2) is 0 Å². The highest BCUT2D eigenvalue weighted by molar-refractivity contribution is 6.31. The lowest BCUT2D eigenvalue weighted by atomic mass is 9.88. The summed E-state index contributed by atoms with van der Waals surface area (Å²) in [5.74, 6) is -3.46. The molecule has 21 heteroatoms. The van der Waals surface area contributed by atoms with E-state index in [1.807, 2.05) is 50.2 Å². The molecule has 0 radical (unpaired) electrons. The first-order chi connectivity index (χ1) is 39.8. The molecule has 0 aliphatic carbocycles. The van der Waals surface area contributed by atoms with Gasteiger partial charge in [0.2, 0.25) is 17.7 Å². The second-order valence-electron chi connectivity index (χ2n) is 19.5. The van der Waals surface area contributed by atoms with E-state index in [2.05, 4.69) is 23.2 Å². The molecule has 17 nitrogen and oxygen atoms in total. The predicted molar refractivity (Wildman–Crippen MR) is 315 cm³/mol. The lowest BCUT2D eigenvalue weighted by Gasteiger charge is -2.47. The summed E-state index contributed by atoms with van der Waals surface area (Å²) in [6, 6.07) is 43.1. The van der Waals surface area contributed by atoms with Gasteiger partial charge in [-0.15, -0.1) is 0 Å². The Kier molecular flexibility index (Phi) is 24.0. The zero-order chi connectivity index (χ0) is 60.3. The van der Waals surface area contributed by atoms with E-state index in [1.54, 1.807) is 114 Å². The zero-order valence-corrected chi connectivity index (χ0v) is 48.4. The van der Waals surface area contributed by atoms with Gasteiger partial charge >= 0.3 is 5.97 Å². The van der Waals surface area contributed by atoms with Crippen molar-refractivity contribution >= 4 is 81.9 Å². The number of nitrogens with two attached hydrogens (primary N) is 3. The van der Waals surface area contributed by atoms with E-state index in [-0.39, 0.29) is 31.8 Å². The average molecular weight is 1210 g/mol. The Hall–Kier alpha value is -7.84. The van der Waals surface area contributed by atoms with Crippen LogP contribution in [-0.4, -0.2) is 87.8 Å². The highest BCUT2D eigenvalue weighted by Crippen LogP contribution is 2.46. The lowest BCUT2D eigenvalue weighted by molar-refractivity contribution is -0.184. The second-order valence-corrected chi connectivity index (χ2v) is 21.3. The SMILES string of the molecule is CCC[C@H](C(=O)NCC(N)=O)N1C(=O)[C@H](Cc2ccc(C#N)cc2)O[C@@H](c2ccc(Cl)cc2)[C@H]1c1ccc(Cl)cc1.CCC[C@H](C(=O)O)N1C(=O)[C@H](Cc2ccc(C#N)cc2)O[C@@H](c2ccc(Cl)cc2)[C@H]1c1ccc(Cl)cc1.NCC(N)=O. The summed E-state index contributed by atoms with van der Waals surface area (Å²) in [5.41, 5.74) is 20.1. The molecule has 6 aromatic rings. The van der Waals surface area contributed by atoms with E-state index in [4.69, 9.17) is 72.6 Å². The fourth-order valence-corrected chi connectivity index (χ4v) is 10.3. The molecule has 2 aliphatic heterocycles. The van der Waals surface area contributed by atoms with Crippen molar-refractivity contribution in [3.8, 4) is 12.1 Å². The van der Waals surface area contributed by atoms with Crippen LogP contribution in [0.4, 0.5) is 0 Å². The number of carboxylic acids is 1. The fraction of sp³-hybridized carbons (Fsp3) is 0.290. The number of hydrogen-bond donors (Lipinski definition) is 5. The summed E-state index contributed by atoms with van der Waals surface area (Å²) in [6.45, 7) is 3.41. The molecule has 0 bridgehead atoms. The van der Waals surface area contributed by atoms with Gasteiger partial charge in [0.05, 0.1) is 48.4 Å². The summed E-state index contributed by atoms with van der Waals surface area (Å²) in [7, 11) is 0. The fourth-order valence-electron chi connectivity index (χ4n) is 9.78. The van der Waals surface area contributed by atoms with Gasteiger partial charge in [0.1, 0.15) is 36.5 Å². The number of benzene rings is 6. The largest absolute Gasteiger partial charge is 0.480 e. The van der Waals surface area contributed by atoms with Crippen molar-refractivity contribution in [3.63, 3.8) is 0 Å². The maximum atomic E-state index is 14.3. The van der Waals surface area contributed by atoms with E-state index in [1.165, 1.54) is 4.90 Å². The Labute approximate surface area is 501 Å². The first kappa shape index (κ1) is 64.3. The smallest absolute Gasteiger partial charge is 0.326 e. The zero-order valence-electron chi connectivity index (χ0n) is 45.4. The van der Waals surface area contributed by atoms with Crippen LogP contribution in [0.1, 0.15) is 108 Å². The molecule has 0 aromatic heterocycles. The highest BCUT2D eigenvalue weighted by atomic mass is 35.5. The van der Waals surface area contributed by atoms with Crippen molar-refractivity contribution in [2.24, 2.45) is 17.2 Å². The van der Waals surface area contributed by atoms with E-state index in [0.717, 1.165) is 33.4 Å². The third-order valence-corrected chi connectivity index (χ3v) is 14.7. The molecule has 6 aromatic carbocycles. The molecule has 2 fully saturated rings. The Morgan fingerprint density at radius 2 is 0.880 bits per heavy atom. The highest BCUT2D eigenvalue weighted by Gasteiger charge is 2.50. The van der Waals surface area contributed by atoms with E-state index in [9.17, 15) is 39.1 Å². The number of rotatable bonds is 19. The molecule has 2 aliphatic rings. The van der Waals surface area contributed by atoms with Crippen LogP contribution in [0, 0.1) is 22.7 Å². The quantitative estimate of drug-likeness (QED) is 0.0507. The average Bonchev–Trinajstić information content (AvgIpc) is 2.10. The molecule has 8 atom stereocenters. The van der Waals surface area contributed by atoms with Crippen LogP contribution in [0.15, 0.2) is 146 Å². The van der Waals surface area contributed by atoms with Crippen molar-refractivity contribution in [1.29, 1.82) is 10.5 Å². The number of hydrogen-bond acceptors (Lipinski definition) is 11. The van der Waals surface area contributed by atoms with Crippen LogP contribution in [0.3, 0.4) is 0 Å². The Balaban J connectivity index is 0.000000247. The summed E-state index contributed by atoms with van der Waals surface area (Å²) >= 11 is 24.7. The van der Waals surface area contributed by atoms with Gasteiger partial charge in [-0.25, -0.2) is 4.79 Å². The van der Waals surface area contributed by atoms with E-state index in [0.29, 0.717) is 56.9 Å². The van der Waals surface area contributed by atoms with Crippen LogP contribution in [0.25, 0.3) is 0 Å². The Morgan fingerprint density at radius 1 is 0.554 bits per heavy atom. The number of carboxylic acid groups (broad SMARTS) is 1. The molecule has 0 unspecified atom stereocenters. The molecule has 2 heterocycles. The molecule has 0 spiro atoms. The summed E-state index contributed by atoms with van der Waals surface area (Å²) in [4.78, 5) is 78.3. The number of carbonyl (C=O) groups is 6. The predicted octanol–water partition coefficient (Wildman–Crippen LogP) is 9.69. The van der Waals surface area contributed by atoms with Crippen molar-refractivity contribution in [2.75, 3.05) is 13.1 Å². The number of primary amides is 2. The van der Waals surface area contributed by atoms with Gasteiger partial charge in [0, 0.05) is 32.9 Å². The number of nitriles is 2. The summed E-state index contributed by atoms with van der Waals surface area (Å²) < 4.78 is 13.1. The molecule has 2 saturated heterocycles. The number of nitrogens with zero attached hydrogens (tertiary/aromatic N) is 4. The molecule has 83 heavy (non-hydrogen) atoms. The molecule has 0 saturated carbocycles. The minimum atomic E-state index is -1.07. The molecule has 5 amide bonds. The number of halogens is 4. The minimum absolute atomic E-state index is 0.0556. The number of aliphatic carboxylic acids is 1. The van der Waals surface area contributed by atoms with Gasteiger partial charge in [-0.3, -0.25) is 24.0 Å². The van der Waals surface area contributed by atoms with Crippen LogP contribution in [0.2, 0.25) is 20.1 Å². The Morgan fingerprint density at radius 3 is 1.18 bits per heavy atom. The van der Waals surface area contributed by atoms with Crippen LogP contribution >= 0.6 is 46.4 Å². The van der Waals surface area contributed by atoms with Crippen LogP contribution < -0.4 is 22.5 Å². The van der Waals surface area contributed by atoms with Gasteiger partial charge < -0.3 is 46.9 Å². The minimum Gasteiger partial charge on any atom is -0.480 e. The lowest BCUT2D eigenvalue weighted by Crippen LogP contribution is -2.59. The number of carbonyl (C=O) groups excluding carboxylic acids is 5. The van der Waals surface area contributed by atoms with E-state index < -0.39 is 78.2 Å². The van der Waals surface area contributed by atoms with Crippen molar-refractivity contribution < 1.29 is 43.3 Å². The third kappa shape index (κ3) is 17.4. The maximum Gasteiger partial charge on any atom is 0.326 e. The second kappa shape index (κ2) is 31.0. The van der Waals surface area contributed by atoms with Crippen LogP contribution in [0.5, 0.6) is 0 Å². The van der Waals surface area contributed by atoms with Crippen LogP contribution in [-0.2, 0) is 51.1 Å². The third-order valence-electron chi connectivity index (χ3n) is 13.7. The molecule has 8 N–H and O–H groups in total. The van der Waals surface area contributed by atoms with Gasteiger partial charge in [-0.05, 0) is 119 Å². The Bertz CT molecular complexity index is 3270. The number of nitrogens with one attached hydrogen (secondary N) is 1. The summed E-state index contributed by atoms with van der Waals surface area (Å²) in [6.07, 6.45) is -0.905. The number of amides is 5. The molecule has 8 rings (SSSR count). The standard InChI is InChI=1S/C31H30Cl2N4O4.C29H26Cl2N2O4.C2H6N2O/c1-2-3-25(30(39)36-18-27(35)38)37-28(21-8-12-23(32)13-9-21)29(22-10-14-24(33)15-11-22)41-26(31(37)40)16-19-4-6-20(17-34)7-5-19;1-2-3-24(29(35)36)33-26(20-8-12-22(30)13-9-20)27(21-10-14-23(31)15-11-21)37-25(28(33)34)16-18-4-6-19(17-32)7-5-18;3-1-2(4)5/h4-15,25-26,28-29H,2-3,16,18H2,1H3,(H2,35,38)(H,36,39);4-15,24-27H,2-3,16H2,1H3,(H,35,36);1,3H2,(H2,4,5)/t25-,26+,28-,29+;24-,25+,26-,27+;/m11./s1. The van der Waals surface area contributed by atoms with Gasteiger partial charge in [-0.2, -0.15) is 10.5 Å². The first-order valence-electron chi connectivity index (χ1n) is 26.5. The van der Waals surface area contributed by atoms with Crippen molar-refractivity contribution in [1.82, 2.24) is 15.1 Å². The van der Waals surface area contributed by atoms with Gasteiger partial charge in [-0.1, -0.05) is 146 Å². The van der Waals surface area contributed by atoms with Crippen molar-refractivity contribution in [2.45, 2.75) is 101 Å². The summed E-state index contributed by atoms with van der Waals surface area (Å²) in [5, 5.41) is 33.2. The molecular weight excluding hydrogens is 1140 g/mol. The maximum absolute atomic E-state index is 14.3. The monoisotopic (exact) mass is 1200 g/mol.